The Labute approximate surface area is 117 Å². The van der Waals surface area contributed by atoms with Crippen LogP contribution in [0.25, 0.3) is 0 Å². The zero-order chi connectivity index (χ0) is 14.6. The Morgan fingerprint density at radius 2 is 2.20 bits per heavy atom. The number of ether oxygens (including phenoxy) is 1. The van der Waals surface area contributed by atoms with Crippen LogP contribution in [0.15, 0.2) is 36.5 Å². The average Bonchev–Trinajstić information content (AvgIpc) is 2.74. The predicted octanol–water partition coefficient (Wildman–Crippen LogP) is 0.823. The Hall–Kier alpha value is -2.22. The molecule has 0 saturated heterocycles. The normalized spacial score (nSPS) is 11.2. The van der Waals surface area contributed by atoms with Gasteiger partial charge in [0.15, 0.2) is 0 Å². The number of nitrogens with zero attached hydrogens (tertiary/aromatic N) is 2. The first-order chi connectivity index (χ1) is 9.46. The lowest BCUT2D eigenvalue weighted by atomic mass is 10.3. The molecule has 20 heavy (non-hydrogen) atoms. The first-order valence-corrected chi connectivity index (χ1v) is 7.58. The number of hydrogen-bond donors (Lipinski definition) is 2. The maximum absolute atomic E-state index is 11.9. The summed E-state index contributed by atoms with van der Waals surface area (Å²) in [6, 6.07) is 8.41. The summed E-state index contributed by atoms with van der Waals surface area (Å²) in [7, 11) is -1.82. The fourth-order valence-electron chi connectivity index (χ4n) is 1.56. The molecule has 0 radical (unpaired) electrons. The third-order valence-corrected chi connectivity index (χ3v) is 3.78. The molecule has 0 fully saturated rings. The van der Waals surface area contributed by atoms with Gasteiger partial charge in [-0.1, -0.05) is 6.07 Å². The van der Waals surface area contributed by atoms with Crippen LogP contribution in [0.2, 0.25) is 0 Å². The van der Waals surface area contributed by atoms with E-state index in [1.54, 1.807) is 37.4 Å². The van der Waals surface area contributed by atoms with E-state index in [9.17, 15) is 8.42 Å². The van der Waals surface area contributed by atoms with E-state index >= 15 is 0 Å². The average molecular weight is 296 g/mol. The van der Waals surface area contributed by atoms with Crippen molar-refractivity contribution in [3.8, 4) is 5.75 Å². The molecule has 0 aliphatic rings. The van der Waals surface area contributed by atoms with Crippen molar-refractivity contribution in [2.24, 2.45) is 7.05 Å². The molecule has 0 amide bonds. The van der Waals surface area contributed by atoms with E-state index in [1.165, 1.54) is 10.9 Å². The van der Waals surface area contributed by atoms with E-state index in [2.05, 4.69) is 9.82 Å². The molecule has 8 heteroatoms. The monoisotopic (exact) mass is 296 g/mol. The summed E-state index contributed by atoms with van der Waals surface area (Å²) >= 11 is 0. The van der Waals surface area contributed by atoms with E-state index in [1.807, 2.05) is 0 Å². The molecule has 108 valence electrons. The zero-order valence-corrected chi connectivity index (χ0v) is 11.8. The van der Waals surface area contributed by atoms with E-state index in [4.69, 9.17) is 10.5 Å². The standard InChI is InChI=1S/C12H16N4O3S/c1-16-12(5-6-14-16)15-20(17,18)8-7-19-11-4-2-3-10(13)9-11/h2-6,9,15H,7-8,13H2,1H3. The smallest absolute Gasteiger partial charge is 0.237 e. The van der Waals surface area contributed by atoms with Crippen LogP contribution in [0.1, 0.15) is 0 Å². The minimum Gasteiger partial charge on any atom is -0.492 e. The summed E-state index contributed by atoms with van der Waals surface area (Å²) in [5, 5.41) is 3.88. The third kappa shape index (κ3) is 3.89. The number of hydrogen-bond acceptors (Lipinski definition) is 5. The maximum Gasteiger partial charge on any atom is 0.237 e. The van der Waals surface area contributed by atoms with Crippen molar-refractivity contribution in [2.45, 2.75) is 0 Å². The summed E-state index contributed by atoms with van der Waals surface area (Å²) in [6.07, 6.45) is 1.51. The van der Waals surface area contributed by atoms with Crippen LogP contribution in [-0.4, -0.2) is 30.6 Å². The number of nitrogens with one attached hydrogen (secondary N) is 1. The van der Waals surface area contributed by atoms with Gasteiger partial charge in [0.05, 0.1) is 6.20 Å². The summed E-state index contributed by atoms with van der Waals surface area (Å²) in [4.78, 5) is 0. The van der Waals surface area contributed by atoms with Crippen LogP contribution >= 0.6 is 0 Å². The van der Waals surface area contributed by atoms with Gasteiger partial charge in [-0.15, -0.1) is 0 Å². The molecule has 0 aliphatic heterocycles. The van der Waals surface area contributed by atoms with Gasteiger partial charge in [0.25, 0.3) is 0 Å². The van der Waals surface area contributed by atoms with E-state index in [0.717, 1.165) is 0 Å². The van der Waals surface area contributed by atoms with Crippen molar-refractivity contribution < 1.29 is 13.2 Å². The molecule has 2 aromatic rings. The van der Waals surface area contributed by atoms with Crippen molar-refractivity contribution >= 4 is 21.5 Å². The van der Waals surface area contributed by atoms with Gasteiger partial charge in [-0.3, -0.25) is 9.40 Å². The minimum absolute atomic E-state index is 0.0383. The highest BCUT2D eigenvalue weighted by atomic mass is 32.2. The van der Waals surface area contributed by atoms with Crippen LogP contribution < -0.4 is 15.2 Å². The summed E-state index contributed by atoms with van der Waals surface area (Å²) in [6.45, 7) is 0.0383. The first kappa shape index (κ1) is 14.2. The van der Waals surface area contributed by atoms with E-state index in [-0.39, 0.29) is 12.4 Å². The molecule has 1 aromatic heterocycles. The number of anilines is 2. The Bertz CT molecular complexity index is 682. The largest absolute Gasteiger partial charge is 0.492 e. The van der Waals surface area contributed by atoms with Gasteiger partial charge in [0.2, 0.25) is 10.0 Å². The Morgan fingerprint density at radius 3 is 2.85 bits per heavy atom. The molecule has 0 aliphatic carbocycles. The third-order valence-electron chi connectivity index (χ3n) is 2.56. The highest BCUT2D eigenvalue weighted by Gasteiger charge is 2.12. The topological polar surface area (TPSA) is 99.2 Å². The van der Waals surface area contributed by atoms with Crippen molar-refractivity contribution in [2.75, 3.05) is 22.8 Å². The van der Waals surface area contributed by atoms with Gasteiger partial charge >= 0.3 is 0 Å². The number of nitrogens with two attached hydrogens (primary N) is 1. The van der Waals surface area contributed by atoms with Gasteiger partial charge in [0, 0.05) is 24.9 Å². The molecule has 0 spiro atoms. The SMILES string of the molecule is Cn1nccc1NS(=O)(=O)CCOc1cccc(N)c1. The lowest BCUT2D eigenvalue weighted by molar-refractivity contribution is 0.341. The van der Waals surface area contributed by atoms with Crippen LogP contribution in [0, 0.1) is 0 Å². The van der Waals surface area contributed by atoms with Crippen molar-refractivity contribution in [3.63, 3.8) is 0 Å². The van der Waals surface area contributed by atoms with Gasteiger partial charge in [-0.05, 0) is 12.1 Å². The van der Waals surface area contributed by atoms with Crippen molar-refractivity contribution in [3.05, 3.63) is 36.5 Å². The molecular formula is C12H16N4O3S. The number of aromatic nitrogens is 2. The van der Waals surface area contributed by atoms with Gasteiger partial charge in [0.1, 0.15) is 23.9 Å². The van der Waals surface area contributed by atoms with E-state index < -0.39 is 10.0 Å². The molecule has 3 N–H and O–H groups in total. The molecule has 0 bridgehead atoms. The fourth-order valence-corrected chi connectivity index (χ4v) is 2.48. The second kappa shape index (κ2) is 5.83. The van der Waals surface area contributed by atoms with Gasteiger partial charge < -0.3 is 10.5 Å². The second-order valence-corrected chi connectivity index (χ2v) is 6.02. The van der Waals surface area contributed by atoms with Crippen molar-refractivity contribution in [1.82, 2.24) is 9.78 Å². The lowest BCUT2D eigenvalue weighted by Gasteiger charge is -2.09. The van der Waals surface area contributed by atoms with E-state index in [0.29, 0.717) is 17.3 Å². The Balaban J connectivity index is 1.88. The quantitative estimate of drug-likeness (QED) is 0.769. The molecule has 7 nitrogen and oxygen atoms in total. The number of benzene rings is 1. The highest BCUT2D eigenvalue weighted by molar-refractivity contribution is 7.92. The predicted molar refractivity (Wildman–Crippen MR) is 77.0 cm³/mol. The summed E-state index contributed by atoms with van der Waals surface area (Å²) in [5.41, 5.74) is 6.17. The molecule has 0 saturated carbocycles. The van der Waals surface area contributed by atoms with Crippen LogP contribution in [0.3, 0.4) is 0 Å². The molecule has 0 atom stereocenters. The molecule has 2 rings (SSSR count). The molecule has 1 aromatic carbocycles. The fraction of sp³-hybridized carbons (Fsp3) is 0.250. The number of aryl methyl sites for hydroxylation is 1. The zero-order valence-electron chi connectivity index (χ0n) is 11.0. The molecular weight excluding hydrogens is 280 g/mol. The Kier molecular flexibility index (Phi) is 4.14. The number of rotatable bonds is 6. The lowest BCUT2D eigenvalue weighted by Crippen LogP contribution is -2.22. The molecule has 0 unspecified atom stereocenters. The summed E-state index contributed by atoms with van der Waals surface area (Å²) in [5.74, 6) is 0.794. The second-order valence-electron chi connectivity index (χ2n) is 4.18. The van der Waals surface area contributed by atoms with Gasteiger partial charge in [-0.25, -0.2) is 8.42 Å². The number of nitrogen functional groups attached to an aromatic ring is 1. The minimum atomic E-state index is -3.47. The summed E-state index contributed by atoms with van der Waals surface area (Å²) < 4.78 is 32.9. The van der Waals surface area contributed by atoms with Crippen LogP contribution in [0.4, 0.5) is 11.5 Å². The maximum atomic E-state index is 11.9. The van der Waals surface area contributed by atoms with Crippen LogP contribution in [0.5, 0.6) is 5.75 Å². The number of sulfonamides is 1. The van der Waals surface area contributed by atoms with Crippen molar-refractivity contribution in [1.29, 1.82) is 0 Å². The van der Waals surface area contributed by atoms with Gasteiger partial charge in [-0.2, -0.15) is 5.10 Å². The molecule has 1 heterocycles. The Morgan fingerprint density at radius 1 is 1.40 bits per heavy atom. The first-order valence-electron chi connectivity index (χ1n) is 5.93. The van der Waals surface area contributed by atoms with Crippen LogP contribution in [-0.2, 0) is 17.1 Å². The highest BCUT2D eigenvalue weighted by Crippen LogP contribution is 2.14.